The highest BCUT2D eigenvalue weighted by atomic mass is 16.5. The van der Waals surface area contributed by atoms with E-state index >= 15 is 0 Å². The quantitative estimate of drug-likeness (QED) is 0.915. The van der Waals surface area contributed by atoms with Crippen LogP contribution in [0.5, 0.6) is 0 Å². The largest absolute Gasteiger partial charge is 0.380 e. The summed E-state index contributed by atoms with van der Waals surface area (Å²) in [6, 6.07) is 8.64. The van der Waals surface area contributed by atoms with Crippen molar-refractivity contribution in [3.8, 4) is 11.4 Å². The van der Waals surface area contributed by atoms with E-state index in [4.69, 9.17) is 4.74 Å². The topological polar surface area (TPSA) is 52.0 Å². The lowest BCUT2D eigenvalue weighted by atomic mass is 10.1. The number of nitrogens with one attached hydrogen (secondary N) is 1. The minimum Gasteiger partial charge on any atom is -0.380 e. The first-order valence-corrected chi connectivity index (χ1v) is 6.56. The van der Waals surface area contributed by atoms with Gasteiger partial charge in [0.25, 0.3) is 0 Å². The van der Waals surface area contributed by atoms with Crippen LogP contribution in [0.25, 0.3) is 11.4 Å². The van der Waals surface area contributed by atoms with Gasteiger partial charge in [-0.1, -0.05) is 12.1 Å². The zero-order valence-electron chi connectivity index (χ0n) is 11.2. The predicted octanol–water partition coefficient (Wildman–Crippen LogP) is 2.07. The second-order valence-electron chi connectivity index (χ2n) is 4.96. The van der Waals surface area contributed by atoms with Crippen LogP contribution in [0.1, 0.15) is 13.3 Å². The van der Waals surface area contributed by atoms with E-state index in [1.165, 1.54) is 0 Å². The van der Waals surface area contributed by atoms with Gasteiger partial charge in [0.1, 0.15) is 6.33 Å². The van der Waals surface area contributed by atoms with Crippen molar-refractivity contribution in [2.45, 2.75) is 25.5 Å². The molecular weight excluding hydrogens is 240 g/mol. The van der Waals surface area contributed by atoms with E-state index in [0.717, 1.165) is 30.1 Å². The molecule has 3 rings (SSSR count). The van der Waals surface area contributed by atoms with Gasteiger partial charge in [-0.2, -0.15) is 0 Å². The van der Waals surface area contributed by atoms with Gasteiger partial charge in [0.2, 0.25) is 0 Å². The Balaban J connectivity index is 1.82. The van der Waals surface area contributed by atoms with Gasteiger partial charge in [0.15, 0.2) is 5.82 Å². The zero-order valence-corrected chi connectivity index (χ0v) is 11.2. The normalized spacial score (nSPS) is 22.6. The number of anilines is 1. The van der Waals surface area contributed by atoms with E-state index in [1.54, 1.807) is 6.33 Å². The van der Waals surface area contributed by atoms with Gasteiger partial charge in [-0.05, 0) is 25.5 Å². The van der Waals surface area contributed by atoms with Crippen LogP contribution in [0.2, 0.25) is 0 Å². The Morgan fingerprint density at radius 1 is 1.42 bits per heavy atom. The maximum atomic E-state index is 5.57. The molecule has 0 aliphatic carbocycles. The van der Waals surface area contributed by atoms with Gasteiger partial charge >= 0.3 is 0 Å². The van der Waals surface area contributed by atoms with E-state index in [9.17, 15) is 0 Å². The highest BCUT2D eigenvalue weighted by Crippen LogP contribution is 2.23. The van der Waals surface area contributed by atoms with Crippen molar-refractivity contribution in [3.05, 3.63) is 30.6 Å². The second-order valence-corrected chi connectivity index (χ2v) is 4.96. The van der Waals surface area contributed by atoms with Crippen molar-refractivity contribution in [2.24, 2.45) is 7.05 Å². The van der Waals surface area contributed by atoms with Crippen LogP contribution >= 0.6 is 0 Å². The summed E-state index contributed by atoms with van der Waals surface area (Å²) in [5, 5.41) is 11.6. The number of hydrogen-bond acceptors (Lipinski definition) is 4. The molecule has 100 valence electrons. The molecule has 0 radical (unpaired) electrons. The number of hydrogen-bond donors (Lipinski definition) is 1. The van der Waals surface area contributed by atoms with Gasteiger partial charge in [-0.25, -0.2) is 0 Å². The Morgan fingerprint density at radius 2 is 2.32 bits per heavy atom. The number of aryl methyl sites for hydroxylation is 1. The minimum atomic E-state index is 0.262. The average Bonchev–Trinajstić information content (AvgIpc) is 3.00. The molecule has 5 heteroatoms. The summed E-state index contributed by atoms with van der Waals surface area (Å²) in [6.45, 7) is 2.94. The molecule has 2 atom stereocenters. The number of benzene rings is 1. The third-order valence-electron chi connectivity index (χ3n) is 3.56. The molecular formula is C14H18N4O. The lowest BCUT2D eigenvalue weighted by Crippen LogP contribution is -2.26. The van der Waals surface area contributed by atoms with Gasteiger partial charge < -0.3 is 14.6 Å². The monoisotopic (exact) mass is 258 g/mol. The molecule has 1 saturated heterocycles. The van der Waals surface area contributed by atoms with Crippen LogP contribution in [-0.4, -0.2) is 33.5 Å². The molecule has 1 aromatic carbocycles. The van der Waals surface area contributed by atoms with Gasteiger partial charge in [0, 0.05) is 24.9 Å². The molecule has 0 bridgehead atoms. The lowest BCUT2D eigenvalue weighted by Gasteiger charge is -2.17. The summed E-state index contributed by atoms with van der Waals surface area (Å²) < 4.78 is 7.49. The molecule has 2 heterocycles. The average molecular weight is 258 g/mol. The highest BCUT2D eigenvalue weighted by Gasteiger charge is 2.23. The van der Waals surface area contributed by atoms with Crippen LogP contribution in [0.15, 0.2) is 30.6 Å². The summed E-state index contributed by atoms with van der Waals surface area (Å²) >= 11 is 0. The van der Waals surface area contributed by atoms with Crippen molar-refractivity contribution in [1.29, 1.82) is 0 Å². The first-order chi connectivity index (χ1) is 9.24. The summed E-state index contributed by atoms with van der Waals surface area (Å²) in [5.74, 6) is 0.874. The van der Waals surface area contributed by atoms with Crippen LogP contribution in [0, 0.1) is 0 Å². The third kappa shape index (κ3) is 2.46. The molecule has 1 fully saturated rings. The van der Waals surface area contributed by atoms with E-state index in [-0.39, 0.29) is 6.10 Å². The zero-order chi connectivity index (χ0) is 13.2. The number of rotatable bonds is 3. The molecule has 0 saturated carbocycles. The summed E-state index contributed by atoms with van der Waals surface area (Å²) in [7, 11) is 1.95. The summed E-state index contributed by atoms with van der Waals surface area (Å²) in [5.41, 5.74) is 2.17. The number of aromatic nitrogens is 3. The molecule has 5 nitrogen and oxygen atoms in total. The molecule has 1 aliphatic heterocycles. The number of nitrogens with zero attached hydrogens (tertiary/aromatic N) is 3. The third-order valence-corrected chi connectivity index (χ3v) is 3.56. The fraction of sp³-hybridized carbons (Fsp3) is 0.429. The highest BCUT2D eigenvalue weighted by molar-refractivity contribution is 5.62. The Bertz CT molecular complexity index is 566. The molecule has 1 aromatic heterocycles. The fourth-order valence-corrected chi connectivity index (χ4v) is 2.43. The van der Waals surface area contributed by atoms with Crippen LogP contribution in [0.4, 0.5) is 5.69 Å². The van der Waals surface area contributed by atoms with E-state index in [0.29, 0.717) is 6.04 Å². The maximum absolute atomic E-state index is 5.57. The smallest absolute Gasteiger partial charge is 0.163 e. The Morgan fingerprint density at radius 3 is 3.00 bits per heavy atom. The van der Waals surface area contributed by atoms with Crippen LogP contribution < -0.4 is 5.32 Å². The summed E-state index contributed by atoms with van der Waals surface area (Å²) in [6.07, 6.45) is 3.02. The minimum absolute atomic E-state index is 0.262. The Hall–Kier alpha value is -1.88. The van der Waals surface area contributed by atoms with Crippen molar-refractivity contribution >= 4 is 5.69 Å². The van der Waals surface area contributed by atoms with Crippen molar-refractivity contribution in [3.63, 3.8) is 0 Å². The van der Waals surface area contributed by atoms with Crippen LogP contribution in [0.3, 0.4) is 0 Å². The first-order valence-electron chi connectivity index (χ1n) is 6.56. The van der Waals surface area contributed by atoms with Gasteiger partial charge in [-0.15, -0.1) is 10.2 Å². The predicted molar refractivity (Wildman–Crippen MR) is 73.9 cm³/mol. The fourth-order valence-electron chi connectivity index (χ4n) is 2.43. The SMILES string of the molecule is CC1OCCC1Nc1cccc(-c2nncn2C)c1. The van der Waals surface area contributed by atoms with Crippen LogP contribution in [-0.2, 0) is 11.8 Å². The van der Waals surface area contributed by atoms with Gasteiger partial charge in [0.05, 0.1) is 12.1 Å². The Labute approximate surface area is 112 Å². The van der Waals surface area contributed by atoms with E-state index in [1.807, 2.05) is 23.7 Å². The standard InChI is InChI=1S/C14H18N4O/c1-10-13(6-7-19-10)16-12-5-3-4-11(8-12)14-17-15-9-18(14)2/h3-5,8-10,13,16H,6-7H2,1-2H3. The van der Waals surface area contributed by atoms with E-state index in [2.05, 4.69) is 34.6 Å². The van der Waals surface area contributed by atoms with Crippen molar-refractivity contribution in [1.82, 2.24) is 14.8 Å². The van der Waals surface area contributed by atoms with Crippen molar-refractivity contribution < 1.29 is 4.74 Å². The van der Waals surface area contributed by atoms with Gasteiger partial charge in [-0.3, -0.25) is 0 Å². The maximum Gasteiger partial charge on any atom is 0.163 e. The van der Waals surface area contributed by atoms with E-state index < -0.39 is 0 Å². The number of ether oxygens (including phenoxy) is 1. The van der Waals surface area contributed by atoms with Crippen molar-refractivity contribution in [2.75, 3.05) is 11.9 Å². The molecule has 1 aliphatic rings. The second kappa shape index (κ2) is 5.01. The summed E-state index contributed by atoms with van der Waals surface area (Å²) in [4.78, 5) is 0. The Kier molecular flexibility index (Phi) is 3.21. The molecule has 2 aromatic rings. The molecule has 0 amide bonds. The molecule has 0 spiro atoms. The molecule has 2 unspecified atom stereocenters. The lowest BCUT2D eigenvalue weighted by molar-refractivity contribution is 0.121. The molecule has 19 heavy (non-hydrogen) atoms. The molecule has 1 N–H and O–H groups in total. The first kappa shape index (κ1) is 12.2.